The highest BCUT2D eigenvalue weighted by atomic mass is 35.5. The molecular weight excluding hydrogens is 302 g/mol. The van der Waals surface area contributed by atoms with Crippen LogP contribution in [-0.4, -0.2) is 48.8 Å². The maximum atomic E-state index is 12.5. The first-order chi connectivity index (χ1) is 10.0. The first kappa shape index (κ1) is 18.9. The lowest BCUT2D eigenvalue weighted by molar-refractivity contribution is -0.152. The minimum absolute atomic E-state index is 0. The fourth-order valence-corrected chi connectivity index (χ4v) is 3.00. The van der Waals surface area contributed by atoms with E-state index in [4.69, 9.17) is 4.74 Å². The number of esters is 1. The van der Waals surface area contributed by atoms with Gasteiger partial charge in [-0.05, 0) is 32.5 Å². The summed E-state index contributed by atoms with van der Waals surface area (Å²) in [6.45, 7) is 1.04. The summed E-state index contributed by atoms with van der Waals surface area (Å²) in [6.07, 6.45) is 3.25. The molecule has 0 aliphatic heterocycles. The van der Waals surface area contributed by atoms with Crippen LogP contribution in [0.1, 0.15) is 37.2 Å². The highest BCUT2D eigenvalue weighted by molar-refractivity contribution is 5.80. The highest BCUT2D eigenvalue weighted by Crippen LogP contribution is 2.41. The van der Waals surface area contributed by atoms with Crippen molar-refractivity contribution in [3.8, 4) is 0 Å². The van der Waals surface area contributed by atoms with Gasteiger partial charge < -0.3 is 27.2 Å². The first-order valence-electron chi connectivity index (χ1n) is 7.62. The predicted molar refractivity (Wildman–Crippen MR) is 82.1 cm³/mol. The summed E-state index contributed by atoms with van der Waals surface area (Å²) in [5.41, 5.74) is -0.118. The minimum Gasteiger partial charge on any atom is -1.00 e. The van der Waals surface area contributed by atoms with E-state index in [2.05, 4.69) is 0 Å². The number of nitrogens with zero attached hydrogens (tertiary/aromatic N) is 1. The molecule has 0 bridgehead atoms. The molecule has 1 aliphatic carbocycles. The van der Waals surface area contributed by atoms with E-state index in [1.165, 1.54) is 0 Å². The Balaban J connectivity index is 0.00000242. The predicted octanol–water partition coefficient (Wildman–Crippen LogP) is -0.816. The normalized spacial score (nSPS) is 17.8. The number of carbonyl (C=O) groups is 1. The average molecular weight is 327 g/mol. The van der Waals surface area contributed by atoms with Crippen LogP contribution in [0.4, 0.5) is 0 Å². The van der Waals surface area contributed by atoms with Crippen molar-refractivity contribution in [2.75, 3.05) is 27.2 Å². The van der Waals surface area contributed by atoms with Crippen molar-refractivity contribution in [1.29, 1.82) is 0 Å². The lowest BCUT2D eigenvalue weighted by Gasteiger charge is -2.31. The topological polar surface area (TPSA) is 49.8 Å². The molecule has 1 atom stereocenters. The van der Waals surface area contributed by atoms with Gasteiger partial charge in [0.25, 0.3) is 0 Å². The van der Waals surface area contributed by atoms with Crippen molar-refractivity contribution in [2.24, 2.45) is 0 Å². The van der Waals surface area contributed by atoms with E-state index in [1.807, 2.05) is 49.3 Å². The maximum Gasteiger partial charge on any atom is 0.316 e. The van der Waals surface area contributed by atoms with Crippen LogP contribution in [0, 0.1) is 0 Å². The summed E-state index contributed by atoms with van der Waals surface area (Å²) < 4.78 is 5.41. The van der Waals surface area contributed by atoms with Crippen LogP contribution < -0.4 is 12.4 Å². The number of carbonyl (C=O) groups excluding carboxylic acids is 1. The van der Waals surface area contributed by atoms with Crippen LogP contribution in [0.2, 0.25) is 0 Å². The summed E-state index contributed by atoms with van der Waals surface area (Å²) >= 11 is 0. The fraction of sp³-hybridized carbons (Fsp3) is 0.588. The van der Waals surface area contributed by atoms with E-state index in [-0.39, 0.29) is 18.4 Å². The van der Waals surface area contributed by atoms with E-state index in [1.54, 1.807) is 0 Å². The van der Waals surface area contributed by atoms with Crippen LogP contribution in [0.5, 0.6) is 0 Å². The molecule has 1 aromatic carbocycles. The van der Waals surface area contributed by atoms with Crippen LogP contribution >= 0.6 is 0 Å². The number of benzene rings is 1. The molecule has 0 radical (unpaired) electrons. The summed E-state index contributed by atoms with van der Waals surface area (Å²) in [5, 5.41) is 10.9. The molecule has 0 saturated heterocycles. The minimum atomic E-state index is -0.962. The quantitative estimate of drug-likeness (QED) is 0.694. The van der Waals surface area contributed by atoms with Gasteiger partial charge in [0.2, 0.25) is 0 Å². The molecule has 1 fully saturated rings. The van der Waals surface area contributed by atoms with Gasteiger partial charge in [0.15, 0.2) is 0 Å². The van der Waals surface area contributed by atoms with E-state index in [0.29, 0.717) is 26.0 Å². The Labute approximate surface area is 138 Å². The van der Waals surface area contributed by atoms with E-state index >= 15 is 0 Å². The van der Waals surface area contributed by atoms with Crippen molar-refractivity contribution in [2.45, 2.75) is 37.2 Å². The Morgan fingerprint density at radius 1 is 1.27 bits per heavy atom. The van der Waals surface area contributed by atoms with Crippen molar-refractivity contribution in [3.63, 3.8) is 0 Å². The molecule has 124 valence electrons. The van der Waals surface area contributed by atoms with Gasteiger partial charge in [-0.3, -0.25) is 4.79 Å². The molecule has 0 amide bonds. The second-order valence-corrected chi connectivity index (χ2v) is 6.13. The molecule has 22 heavy (non-hydrogen) atoms. The molecule has 0 aromatic heterocycles. The molecule has 5 heteroatoms. The molecule has 4 nitrogen and oxygen atoms in total. The largest absolute Gasteiger partial charge is 1.00 e. The summed E-state index contributed by atoms with van der Waals surface area (Å²) in [6, 6.07) is 9.50. The van der Waals surface area contributed by atoms with Gasteiger partial charge in [0.1, 0.15) is 12.5 Å². The van der Waals surface area contributed by atoms with Crippen molar-refractivity contribution < 1.29 is 27.0 Å². The second-order valence-electron chi connectivity index (χ2n) is 6.13. The van der Waals surface area contributed by atoms with Gasteiger partial charge in [-0.1, -0.05) is 43.2 Å². The van der Waals surface area contributed by atoms with E-state index in [9.17, 15) is 9.90 Å². The SMILES string of the molecule is CN(C)CCOC(=O)C(c1ccccc1)C1(O)CCCC1.[Cl-]. The van der Waals surface area contributed by atoms with E-state index in [0.717, 1.165) is 18.4 Å². The van der Waals surface area contributed by atoms with Crippen LogP contribution in [-0.2, 0) is 9.53 Å². The van der Waals surface area contributed by atoms with Crippen LogP contribution in [0.15, 0.2) is 30.3 Å². The summed E-state index contributed by atoms with van der Waals surface area (Å²) in [7, 11) is 3.88. The number of likely N-dealkylation sites (N-methyl/N-ethyl adjacent to an activating group) is 1. The van der Waals surface area contributed by atoms with Crippen molar-refractivity contribution >= 4 is 5.97 Å². The van der Waals surface area contributed by atoms with Crippen molar-refractivity contribution in [3.05, 3.63) is 35.9 Å². The molecule has 1 unspecified atom stereocenters. The molecule has 1 N–H and O–H groups in total. The third-order valence-corrected chi connectivity index (χ3v) is 4.16. The van der Waals surface area contributed by atoms with Gasteiger partial charge in [-0.15, -0.1) is 0 Å². The Hall–Kier alpha value is -1.10. The molecule has 1 aliphatic rings. The monoisotopic (exact) mass is 326 g/mol. The standard InChI is InChI=1S/C17H25NO3.ClH/c1-18(2)12-13-21-16(19)15(14-8-4-3-5-9-14)17(20)10-6-7-11-17;/h3-5,8-9,15,20H,6-7,10-13H2,1-2H3;1H/p-1. The number of aliphatic hydroxyl groups is 1. The Morgan fingerprint density at radius 2 is 1.86 bits per heavy atom. The molecule has 0 heterocycles. The zero-order valence-corrected chi connectivity index (χ0v) is 14.1. The van der Waals surface area contributed by atoms with Gasteiger partial charge >= 0.3 is 5.97 Å². The van der Waals surface area contributed by atoms with Gasteiger partial charge in [-0.2, -0.15) is 0 Å². The Bertz CT molecular complexity index is 458. The molecule has 0 spiro atoms. The number of hydrogen-bond donors (Lipinski definition) is 1. The number of hydrogen-bond acceptors (Lipinski definition) is 4. The molecular formula is C17H25ClNO3-. The third-order valence-electron chi connectivity index (χ3n) is 4.16. The fourth-order valence-electron chi connectivity index (χ4n) is 3.00. The number of ether oxygens (including phenoxy) is 1. The first-order valence-corrected chi connectivity index (χ1v) is 7.62. The van der Waals surface area contributed by atoms with Crippen molar-refractivity contribution in [1.82, 2.24) is 4.90 Å². The Kier molecular flexibility index (Phi) is 7.33. The number of halogens is 1. The zero-order valence-electron chi connectivity index (χ0n) is 13.3. The Morgan fingerprint density at radius 3 is 2.41 bits per heavy atom. The number of rotatable bonds is 6. The van der Waals surface area contributed by atoms with Gasteiger partial charge in [0, 0.05) is 6.54 Å². The van der Waals surface area contributed by atoms with Gasteiger partial charge in [-0.25, -0.2) is 0 Å². The molecule has 1 aromatic rings. The summed E-state index contributed by atoms with van der Waals surface area (Å²) in [5.74, 6) is -0.893. The highest BCUT2D eigenvalue weighted by Gasteiger charge is 2.45. The lowest BCUT2D eigenvalue weighted by atomic mass is 9.81. The average Bonchev–Trinajstić information content (AvgIpc) is 2.87. The zero-order chi connectivity index (χ0) is 15.3. The smallest absolute Gasteiger partial charge is 0.316 e. The van der Waals surface area contributed by atoms with Crippen LogP contribution in [0.3, 0.4) is 0 Å². The van der Waals surface area contributed by atoms with Gasteiger partial charge in [0.05, 0.1) is 5.60 Å². The van der Waals surface area contributed by atoms with Crippen LogP contribution in [0.25, 0.3) is 0 Å². The third kappa shape index (κ3) is 4.70. The molecule has 1 saturated carbocycles. The second kappa shape index (κ2) is 8.51. The molecule has 2 rings (SSSR count). The maximum absolute atomic E-state index is 12.5. The van der Waals surface area contributed by atoms with E-state index < -0.39 is 11.5 Å². The lowest BCUT2D eigenvalue weighted by Crippen LogP contribution is -3.00. The summed E-state index contributed by atoms with van der Waals surface area (Å²) in [4.78, 5) is 14.5.